The highest BCUT2D eigenvalue weighted by atomic mass is 32.2. The Kier molecular flexibility index (Phi) is 4.58. The average Bonchev–Trinajstić information content (AvgIpc) is 3.24. The summed E-state index contributed by atoms with van der Waals surface area (Å²) in [6, 6.07) is 12.8. The highest BCUT2D eigenvalue weighted by Crippen LogP contribution is 2.36. The Morgan fingerprint density at radius 1 is 1.18 bits per heavy atom. The van der Waals surface area contributed by atoms with Gasteiger partial charge in [0, 0.05) is 12.5 Å². The second-order valence-corrected chi connectivity index (χ2v) is 8.68. The first-order valence-electron chi connectivity index (χ1n) is 8.98. The van der Waals surface area contributed by atoms with E-state index in [1.807, 2.05) is 19.1 Å². The summed E-state index contributed by atoms with van der Waals surface area (Å²) in [4.78, 5) is 23.9. The number of ether oxygens (including phenoxy) is 2. The summed E-state index contributed by atoms with van der Waals surface area (Å²) in [5.74, 6) is -1.34. The minimum atomic E-state index is -3.86. The number of nitrogens with zero attached hydrogens (tertiary/aromatic N) is 1. The van der Waals surface area contributed by atoms with Gasteiger partial charge in [-0.3, -0.25) is 4.31 Å². The Balaban J connectivity index is 1.63. The molecule has 0 saturated carbocycles. The van der Waals surface area contributed by atoms with Crippen LogP contribution in [0.4, 0.5) is 5.69 Å². The van der Waals surface area contributed by atoms with Crippen molar-refractivity contribution in [2.24, 2.45) is 0 Å². The molecule has 2 aromatic carbocycles. The molecule has 0 N–H and O–H groups in total. The number of carbonyl (C=O) groups is 2. The zero-order valence-electron chi connectivity index (χ0n) is 15.2. The maximum atomic E-state index is 13.3. The fourth-order valence-electron chi connectivity index (χ4n) is 3.58. The average molecular weight is 401 g/mol. The first-order chi connectivity index (χ1) is 13.4. The Bertz CT molecular complexity index is 1050. The summed E-state index contributed by atoms with van der Waals surface area (Å²) in [7, 11) is -3.86. The predicted octanol–water partition coefficient (Wildman–Crippen LogP) is 2.30. The molecule has 7 nitrogen and oxygen atoms in total. The van der Waals surface area contributed by atoms with Crippen molar-refractivity contribution >= 4 is 27.6 Å². The monoisotopic (exact) mass is 401 g/mol. The number of esters is 2. The Morgan fingerprint density at radius 2 is 1.96 bits per heavy atom. The Labute approximate surface area is 162 Å². The van der Waals surface area contributed by atoms with E-state index in [1.54, 1.807) is 12.1 Å². The van der Waals surface area contributed by atoms with Gasteiger partial charge >= 0.3 is 11.9 Å². The highest BCUT2D eigenvalue weighted by Gasteiger charge is 2.36. The van der Waals surface area contributed by atoms with Crippen molar-refractivity contribution in [2.75, 3.05) is 10.9 Å². The summed E-state index contributed by atoms with van der Waals surface area (Å²) in [6.07, 6.45) is -0.0239. The Morgan fingerprint density at radius 3 is 2.71 bits per heavy atom. The van der Waals surface area contributed by atoms with Gasteiger partial charge in [0.1, 0.15) is 0 Å². The summed E-state index contributed by atoms with van der Waals surface area (Å²) in [5.41, 5.74) is 1.69. The van der Waals surface area contributed by atoms with Gasteiger partial charge in [0.15, 0.2) is 0 Å². The number of hydrogen-bond acceptors (Lipinski definition) is 6. The van der Waals surface area contributed by atoms with E-state index in [0.29, 0.717) is 18.5 Å². The van der Waals surface area contributed by atoms with Crippen molar-refractivity contribution in [3.05, 3.63) is 59.7 Å². The molecule has 0 aliphatic carbocycles. The van der Waals surface area contributed by atoms with Crippen LogP contribution in [0.5, 0.6) is 0 Å². The van der Waals surface area contributed by atoms with Crippen LogP contribution in [-0.4, -0.2) is 39.1 Å². The lowest BCUT2D eigenvalue weighted by Crippen LogP contribution is -2.35. The molecule has 2 aliphatic heterocycles. The number of para-hydroxylation sites is 1. The van der Waals surface area contributed by atoms with Crippen LogP contribution in [0.25, 0.3) is 0 Å². The van der Waals surface area contributed by atoms with E-state index in [4.69, 9.17) is 9.47 Å². The van der Waals surface area contributed by atoms with Crippen molar-refractivity contribution in [3.63, 3.8) is 0 Å². The van der Waals surface area contributed by atoms with Gasteiger partial charge in [0.05, 0.1) is 22.8 Å². The lowest BCUT2D eigenvalue weighted by molar-refractivity contribution is -0.145. The number of rotatable bonds is 4. The molecule has 2 atom stereocenters. The van der Waals surface area contributed by atoms with Gasteiger partial charge in [-0.15, -0.1) is 0 Å². The molecule has 28 heavy (non-hydrogen) atoms. The molecule has 0 aromatic heterocycles. The van der Waals surface area contributed by atoms with Gasteiger partial charge in [-0.2, -0.15) is 0 Å². The fourth-order valence-corrected chi connectivity index (χ4v) is 5.32. The van der Waals surface area contributed by atoms with E-state index in [9.17, 15) is 18.0 Å². The van der Waals surface area contributed by atoms with Gasteiger partial charge in [0.25, 0.3) is 10.0 Å². The van der Waals surface area contributed by atoms with Gasteiger partial charge in [0.2, 0.25) is 6.10 Å². The van der Waals surface area contributed by atoms with Crippen LogP contribution in [-0.2, 0) is 30.7 Å². The van der Waals surface area contributed by atoms with Gasteiger partial charge in [-0.25, -0.2) is 18.0 Å². The topological polar surface area (TPSA) is 90.0 Å². The molecule has 1 fully saturated rings. The molecule has 0 amide bonds. The number of hydrogen-bond donors (Lipinski definition) is 0. The molecular weight excluding hydrogens is 382 g/mol. The van der Waals surface area contributed by atoms with Crippen molar-refractivity contribution in [1.82, 2.24) is 0 Å². The highest BCUT2D eigenvalue weighted by molar-refractivity contribution is 7.92. The molecule has 1 saturated heterocycles. The van der Waals surface area contributed by atoms with Crippen molar-refractivity contribution in [3.8, 4) is 0 Å². The van der Waals surface area contributed by atoms with Gasteiger partial charge < -0.3 is 9.47 Å². The third-order valence-corrected chi connectivity index (χ3v) is 6.83. The number of carbonyl (C=O) groups excluding carboxylic acids is 2. The SMILES string of the molecule is C[C@H]1Cc2ccccc2N1S(=O)(=O)c1cccc(C(=O)O[C@@H]2CCOC2=O)c1. The fraction of sp³-hybridized carbons (Fsp3) is 0.300. The van der Waals surface area contributed by atoms with Crippen molar-refractivity contribution < 1.29 is 27.5 Å². The lowest BCUT2D eigenvalue weighted by Gasteiger charge is -2.24. The number of anilines is 1. The lowest BCUT2D eigenvalue weighted by atomic mass is 10.1. The van der Waals surface area contributed by atoms with E-state index in [-0.39, 0.29) is 23.1 Å². The van der Waals surface area contributed by atoms with Crippen LogP contribution < -0.4 is 4.31 Å². The van der Waals surface area contributed by atoms with Crippen LogP contribution >= 0.6 is 0 Å². The molecule has 2 aromatic rings. The third-order valence-electron chi connectivity index (χ3n) is 4.91. The minimum Gasteiger partial charge on any atom is -0.463 e. The number of benzene rings is 2. The summed E-state index contributed by atoms with van der Waals surface area (Å²) < 4.78 is 37.9. The maximum Gasteiger partial charge on any atom is 0.347 e. The number of cyclic esters (lactones) is 1. The second kappa shape index (κ2) is 6.94. The van der Waals surface area contributed by atoms with Crippen LogP contribution in [0.15, 0.2) is 53.4 Å². The molecule has 4 rings (SSSR count). The normalized spacial score (nSPS) is 21.3. The summed E-state index contributed by atoms with van der Waals surface area (Å²) >= 11 is 0. The minimum absolute atomic E-state index is 0.000462. The summed E-state index contributed by atoms with van der Waals surface area (Å²) in [5, 5.41) is 0. The smallest absolute Gasteiger partial charge is 0.347 e. The van der Waals surface area contributed by atoms with E-state index >= 15 is 0 Å². The van der Waals surface area contributed by atoms with Crippen molar-refractivity contribution in [1.29, 1.82) is 0 Å². The molecule has 0 unspecified atom stereocenters. The standard InChI is InChI=1S/C20H19NO6S/c1-13-11-14-5-2-3-8-17(14)21(13)28(24,25)16-7-4-6-15(12-16)19(22)27-18-9-10-26-20(18)23/h2-8,12-13,18H,9-11H2,1H3/t13-,18+/m0/s1. The second-order valence-electron chi connectivity index (χ2n) is 6.86. The van der Waals surface area contributed by atoms with E-state index in [0.717, 1.165) is 5.56 Å². The number of sulfonamides is 1. The Hall–Kier alpha value is -2.87. The van der Waals surface area contributed by atoms with Crippen molar-refractivity contribution in [2.45, 2.75) is 36.8 Å². The largest absolute Gasteiger partial charge is 0.463 e. The van der Waals surface area contributed by atoms with Crippen LogP contribution in [0, 0.1) is 0 Å². The first kappa shape index (κ1) is 18.5. The molecule has 2 aliphatic rings. The summed E-state index contributed by atoms with van der Waals surface area (Å²) in [6.45, 7) is 2.05. The molecule has 146 valence electrons. The van der Waals surface area contributed by atoms with E-state index in [2.05, 4.69) is 0 Å². The predicted molar refractivity (Wildman–Crippen MR) is 100 cm³/mol. The van der Waals surface area contributed by atoms with Gasteiger partial charge in [-0.1, -0.05) is 24.3 Å². The van der Waals surface area contributed by atoms with E-state index in [1.165, 1.54) is 28.6 Å². The number of fused-ring (bicyclic) bond motifs is 1. The van der Waals surface area contributed by atoms with E-state index < -0.39 is 28.1 Å². The maximum absolute atomic E-state index is 13.3. The zero-order valence-corrected chi connectivity index (χ0v) is 16.0. The van der Waals surface area contributed by atoms with Crippen LogP contribution in [0.1, 0.15) is 29.3 Å². The first-order valence-corrected chi connectivity index (χ1v) is 10.4. The molecule has 2 heterocycles. The van der Waals surface area contributed by atoms with Crippen LogP contribution in [0.3, 0.4) is 0 Å². The quantitative estimate of drug-likeness (QED) is 0.731. The van der Waals surface area contributed by atoms with Gasteiger partial charge in [-0.05, 0) is 43.2 Å². The molecular formula is C20H19NO6S. The molecule has 0 radical (unpaired) electrons. The molecule has 8 heteroatoms. The molecule has 0 bridgehead atoms. The third kappa shape index (κ3) is 3.13. The zero-order chi connectivity index (χ0) is 19.9. The van der Waals surface area contributed by atoms with Crippen LogP contribution in [0.2, 0.25) is 0 Å². The molecule has 0 spiro atoms.